The number of ether oxygens (including phenoxy) is 1. The number of halogens is 2. The van der Waals surface area contributed by atoms with E-state index >= 15 is 0 Å². The van der Waals surface area contributed by atoms with Crippen LogP contribution in [0, 0.1) is 6.92 Å². The quantitative estimate of drug-likeness (QED) is 0.771. The molecule has 1 saturated heterocycles. The number of amides is 1. The molecular weight excluding hydrogens is 371 g/mol. The minimum Gasteiger partial charge on any atom is -0.481 e. The van der Waals surface area contributed by atoms with Gasteiger partial charge in [0.25, 0.3) is 5.91 Å². The van der Waals surface area contributed by atoms with Gasteiger partial charge in [0.15, 0.2) is 6.10 Å². The Labute approximate surface area is 164 Å². The molecule has 1 atom stereocenters. The summed E-state index contributed by atoms with van der Waals surface area (Å²) in [6.45, 7) is 6.58. The Morgan fingerprint density at radius 1 is 1.08 bits per heavy atom. The maximum Gasteiger partial charge on any atom is 0.263 e. The van der Waals surface area contributed by atoms with E-state index in [2.05, 4.69) is 4.90 Å². The highest BCUT2D eigenvalue weighted by molar-refractivity contribution is 6.31. The first-order valence-electron chi connectivity index (χ1n) is 8.66. The van der Waals surface area contributed by atoms with Gasteiger partial charge in [-0.1, -0.05) is 29.3 Å². The molecule has 3 rings (SSSR count). The number of piperazine rings is 1. The maximum absolute atomic E-state index is 12.7. The van der Waals surface area contributed by atoms with Gasteiger partial charge in [-0.2, -0.15) is 0 Å². The number of carbonyl (C=O) groups is 1. The second-order valence-electron chi connectivity index (χ2n) is 6.46. The molecule has 2 aromatic carbocycles. The van der Waals surface area contributed by atoms with E-state index in [1.807, 2.05) is 42.2 Å². The van der Waals surface area contributed by atoms with Gasteiger partial charge in [-0.3, -0.25) is 4.79 Å². The maximum atomic E-state index is 12.7. The Kier molecular flexibility index (Phi) is 5.94. The molecule has 0 aliphatic carbocycles. The second kappa shape index (κ2) is 8.19. The topological polar surface area (TPSA) is 32.8 Å². The lowest BCUT2D eigenvalue weighted by Crippen LogP contribution is -2.52. The minimum absolute atomic E-state index is 0.00310. The van der Waals surface area contributed by atoms with Gasteiger partial charge in [0.2, 0.25) is 0 Å². The molecule has 1 aliphatic rings. The Hall–Kier alpha value is -1.91. The highest BCUT2D eigenvalue weighted by Crippen LogP contribution is 2.23. The molecule has 0 aromatic heterocycles. The Morgan fingerprint density at radius 3 is 2.46 bits per heavy atom. The van der Waals surface area contributed by atoms with Gasteiger partial charge in [-0.05, 0) is 55.8 Å². The normalized spacial score (nSPS) is 15.7. The summed E-state index contributed by atoms with van der Waals surface area (Å²) in [5.74, 6) is 0.661. The van der Waals surface area contributed by atoms with Gasteiger partial charge in [0.1, 0.15) is 5.75 Å². The lowest BCUT2D eigenvalue weighted by atomic mass is 10.2. The molecule has 0 unspecified atom stereocenters. The minimum atomic E-state index is -0.534. The fourth-order valence-electron chi connectivity index (χ4n) is 3.06. The van der Waals surface area contributed by atoms with Crippen LogP contribution in [0.5, 0.6) is 5.75 Å². The fraction of sp³-hybridized carbons (Fsp3) is 0.350. The third-order valence-corrected chi connectivity index (χ3v) is 5.21. The molecule has 138 valence electrons. The van der Waals surface area contributed by atoms with Crippen molar-refractivity contribution in [1.29, 1.82) is 0 Å². The first-order chi connectivity index (χ1) is 12.4. The first kappa shape index (κ1) is 18.9. The molecule has 1 heterocycles. The Balaban J connectivity index is 1.56. The van der Waals surface area contributed by atoms with Crippen LogP contribution in [-0.4, -0.2) is 43.1 Å². The number of nitrogens with zero attached hydrogens (tertiary/aromatic N) is 2. The molecule has 0 spiro atoms. The summed E-state index contributed by atoms with van der Waals surface area (Å²) in [6, 6.07) is 13.2. The summed E-state index contributed by atoms with van der Waals surface area (Å²) in [5, 5.41) is 1.41. The number of carbonyl (C=O) groups excluding carboxylic acids is 1. The van der Waals surface area contributed by atoms with Crippen LogP contribution in [0.25, 0.3) is 0 Å². The van der Waals surface area contributed by atoms with Crippen molar-refractivity contribution in [2.75, 3.05) is 31.1 Å². The van der Waals surface area contributed by atoms with Gasteiger partial charge in [-0.25, -0.2) is 0 Å². The van der Waals surface area contributed by atoms with Gasteiger partial charge in [-0.15, -0.1) is 0 Å². The SMILES string of the molecule is Cc1cc(O[C@H](C)C(=O)N2CCN(c3cccc(Cl)c3)CC2)ccc1Cl. The summed E-state index contributed by atoms with van der Waals surface area (Å²) in [7, 11) is 0. The van der Waals surface area contributed by atoms with Crippen molar-refractivity contribution in [2.45, 2.75) is 20.0 Å². The van der Waals surface area contributed by atoms with Crippen LogP contribution in [0.1, 0.15) is 12.5 Å². The second-order valence-corrected chi connectivity index (χ2v) is 7.31. The smallest absolute Gasteiger partial charge is 0.263 e. The van der Waals surface area contributed by atoms with Gasteiger partial charge < -0.3 is 14.5 Å². The van der Waals surface area contributed by atoms with Crippen molar-refractivity contribution >= 4 is 34.8 Å². The van der Waals surface area contributed by atoms with Crippen LogP contribution >= 0.6 is 23.2 Å². The average Bonchev–Trinajstić information content (AvgIpc) is 2.64. The third-order valence-electron chi connectivity index (χ3n) is 4.55. The number of hydrogen-bond donors (Lipinski definition) is 0. The largest absolute Gasteiger partial charge is 0.481 e. The zero-order valence-corrected chi connectivity index (χ0v) is 16.4. The number of aryl methyl sites for hydroxylation is 1. The number of anilines is 1. The standard InChI is InChI=1S/C20H22Cl2N2O2/c1-14-12-18(6-7-19(14)22)26-15(2)20(25)24-10-8-23(9-11-24)17-5-3-4-16(21)13-17/h3-7,12-13,15H,8-11H2,1-2H3/t15-/m1/s1. The predicted octanol–water partition coefficient (Wildman–Crippen LogP) is 4.42. The fourth-order valence-corrected chi connectivity index (χ4v) is 3.36. The average molecular weight is 393 g/mol. The summed E-state index contributed by atoms with van der Waals surface area (Å²) in [4.78, 5) is 16.8. The summed E-state index contributed by atoms with van der Waals surface area (Å²) in [6.07, 6.45) is -0.534. The van der Waals surface area contributed by atoms with Crippen LogP contribution in [0.2, 0.25) is 10.0 Å². The molecular formula is C20H22Cl2N2O2. The molecule has 1 amide bonds. The summed E-state index contributed by atoms with van der Waals surface area (Å²) >= 11 is 12.1. The van der Waals surface area contributed by atoms with Crippen molar-refractivity contribution in [3.05, 3.63) is 58.1 Å². The highest BCUT2D eigenvalue weighted by atomic mass is 35.5. The molecule has 2 aromatic rings. The highest BCUT2D eigenvalue weighted by Gasteiger charge is 2.26. The molecule has 6 heteroatoms. The van der Waals surface area contributed by atoms with Crippen molar-refractivity contribution in [3.63, 3.8) is 0 Å². The number of hydrogen-bond acceptors (Lipinski definition) is 3. The van der Waals surface area contributed by atoms with Gasteiger partial charge in [0, 0.05) is 41.9 Å². The van der Waals surface area contributed by atoms with Crippen molar-refractivity contribution in [3.8, 4) is 5.75 Å². The van der Waals surface area contributed by atoms with E-state index in [1.54, 1.807) is 19.1 Å². The lowest BCUT2D eigenvalue weighted by Gasteiger charge is -2.37. The van der Waals surface area contributed by atoms with Gasteiger partial charge in [0.05, 0.1) is 0 Å². The van der Waals surface area contributed by atoms with E-state index in [0.717, 1.165) is 29.4 Å². The van der Waals surface area contributed by atoms with Crippen molar-refractivity contribution in [2.24, 2.45) is 0 Å². The monoisotopic (exact) mass is 392 g/mol. The van der Waals surface area contributed by atoms with Crippen LogP contribution in [-0.2, 0) is 4.79 Å². The molecule has 0 radical (unpaired) electrons. The van der Waals surface area contributed by atoms with Crippen LogP contribution < -0.4 is 9.64 Å². The van der Waals surface area contributed by atoms with Crippen LogP contribution in [0.4, 0.5) is 5.69 Å². The van der Waals surface area contributed by atoms with E-state index in [4.69, 9.17) is 27.9 Å². The molecule has 0 N–H and O–H groups in total. The zero-order valence-electron chi connectivity index (χ0n) is 14.9. The molecule has 0 bridgehead atoms. The van der Waals surface area contributed by atoms with Crippen molar-refractivity contribution < 1.29 is 9.53 Å². The zero-order chi connectivity index (χ0) is 18.7. The number of benzene rings is 2. The molecule has 1 aliphatic heterocycles. The molecule has 4 nitrogen and oxygen atoms in total. The molecule has 26 heavy (non-hydrogen) atoms. The van der Waals surface area contributed by atoms with E-state index in [-0.39, 0.29) is 5.91 Å². The first-order valence-corrected chi connectivity index (χ1v) is 9.42. The summed E-state index contributed by atoms with van der Waals surface area (Å²) in [5.41, 5.74) is 2.02. The van der Waals surface area contributed by atoms with Crippen LogP contribution in [0.3, 0.4) is 0 Å². The third kappa shape index (κ3) is 4.43. The van der Waals surface area contributed by atoms with Gasteiger partial charge >= 0.3 is 0 Å². The Bertz CT molecular complexity index is 789. The number of rotatable bonds is 4. The Morgan fingerprint density at radius 2 is 1.81 bits per heavy atom. The van der Waals surface area contributed by atoms with E-state index in [0.29, 0.717) is 23.9 Å². The lowest BCUT2D eigenvalue weighted by molar-refractivity contribution is -0.138. The van der Waals surface area contributed by atoms with E-state index in [1.165, 1.54) is 0 Å². The van der Waals surface area contributed by atoms with E-state index in [9.17, 15) is 4.79 Å². The van der Waals surface area contributed by atoms with E-state index < -0.39 is 6.10 Å². The predicted molar refractivity (Wildman–Crippen MR) is 107 cm³/mol. The summed E-state index contributed by atoms with van der Waals surface area (Å²) < 4.78 is 5.81. The van der Waals surface area contributed by atoms with Crippen LogP contribution in [0.15, 0.2) is 42.5 Å². The van der Waals surface area contributed by atoms with Crippen molar-refractivity contribution in [1.82, 2.24) is 4.90 Å². The molecule has 0 saturated carbocycles. The molecule has 1 fully saturated rings.